The molecule has 3 rings (SSSR count). The van der Waals surface area contributed by atoms with E-state index in [9.17, 15) is 9.59 Å². The molecule has 1 N–H and O–H groups in total. The first kappa shape index (κ1) is 23.8. The van der Waals surface area contributed by atoms with Crippen LogP contribution in [0.3, 0.4) is 0 Å². The lowest BCUT2D eigenvalue weighted by molar-refractivity contribution is -0.144. The summed E-state index contributed by atoms with van der Waals surface area (Å²) < 4.78 is 12.0. The molecule has 170 valence electrons. The number of esters is 1. The van der Waals surface area contributed by atoms with Gasteiger partial charge in [0.05, 0.1) is 11.4 Å². The van der Waals surface area contributed by atoms with Crippen LogP contribution in [-0.2, 0) is 26.3 Å². The van der Waals surface area contributed by atoms with E-state index in [4.69, 9.17) is 20.9 Å². The van der Waals surface area contributed by atoms with Crippen LogP contribution >= 0.6 is 23.4 Å². The summed E-state index contributed by atoms with van der Waals surface area (Å²) in [5.41, 5.74) is 1.37. The number of hydrogen-bond acceptors (Lipinski definition) is 8. The van der Waals surface area contributed by atoms with Crippen molar-refractivity contribution in [2.45, 2.75) is 44.8 Å². The molecule has 0 saturated carbocycles. The van der Waals surface area contributed by atoms with Crippen molar-refractivity contribution in [1.29, 1.82) is 0 Å². The Kier molecular flexibility index (Phi) is 7.57. The van der Waals surface area contributed by atoms with Gasteiger partial charge in [-0.05, 0) is 31.2 Å². The largest absolute Gasteiger partial charge is 0.455 e. The number of carbonyl (C=O) groups excluding carboxylic acids is 2. The summed E-state index contributed by atoms with van der Waals surface area (Å²) >= 11 is 7.13. The topological polar surface area (TPSA) is 112 Å². The van der Waals surface area contributed by atoms with E-state index in [1.54, 1.807) is 18.2 Å². The monoisotopic (exact) mass is 477 g/mol. The van der Waals surface area contributed by atoms with Gasteiger partial charge < -0.3 is 13.8 Å². The van der Waals surface area contributed by atoms with Crippen LogP contribution in [-0.4, -0.2) is 44.2 Å². The Labute approximate surface area is 194 Å². The highest BCUT2D eigenvalue weighted by Gasteiger charge is 2.20. The predicted octanol–water partition coefficient (Wildman–Crippen LogP) is 4.18. The zero-order valence-electron chi connectivity index (χ0n) is 18.2. The number of benzene rings is 1. The van der Waals surface area contributed by atoms with Crippen LogP contribution in [0, 0.1) is 0 Å². The lowest BCUT2D eigenvalue weighted by Crippen LogP contribution is -2.21. The number of hydrogen-bond donors (Lipinski definition) is 1. The predicted molar refractivity (Wildman–Crippen MR) is 122 cm³/mol. The lowest BCUT2D eigenvalue weighted by Gasteiger charge is -2.12. The van der Waals surface area contributed by atoms with Gasteiger partial charge >= 0.3 is 5.97 Å². The fraction of sp³-hybridized carbons (Fsp3) is 0.381. The smallest absolute Gasteiger partial charge is 0.316 e. The number of thioether (sulfide) groups is 1. The van der Waals surface area contributed by atoms with Crippen molar-refractivity contribution in [2.75, 3.05) is 17.7 Å². The van der Waals surface area contributed by atoms with E-state index in [1.807, 2.05) is 44.4 Å². The summed E-state index contributed by atoms with van der Waals surface area (Å²) in [4.78, 5) is 24.1. The molecule has 0 radical (unpaired) electrons. The third-order valence-corrected chi connectivity index (χ3v) is 5.55. The van der Waals surface area contributed by atoms with Crippen molar-refractivity contribution in [2.24, 2.45) is 0 Å². The minimum absolute atomic E-state index is 0.0114. The maximum Gasteiger partial charge on any atom is 0.316 e. The van der Waals surface area contributed by atoms with Gasteiger partial charge in [0.15, 0.2) is 17.6 Å². The zero-order chi connectivity index (χ0) is 23.3. The molecule has 0 aliphatic carbocycles. The molecule has 0 spiro atoms. The van der Waals surface area contributed by atoms with Crippen LogP contribution in [0.15, 0.2) is 40.0 Å². The minimum atomic E-state index is -0.545. The van der Waals surface area contributed by atoms with E-state index in [1.165, 1.54) is 11.8 Å². The molecule has 32 heavy (non-hydrogen) atoms. The van der Waals surface area contributed by atoms with Gasteiger partial charge in [-0.1, -0.05) is 49.3 Å². The van der Waals surface area contributed by atoms with Gasteiger partial charge in [-0.25, -0.2) is 0 Å². The van der Waals surface area contributed by atoms with Gasteiger partial charge in [0.2, 0.25) is 5.88 Å². The summed E-state index contributed by atoms with van der Waals surface area (Å²) in [6.07, 6.45) is 0. The van der Waals surface area contributed by atoms with E-state index in [-0.39, 0.29) is 17.1 Å². The second-order valence-electron chi connectivity index (χ2n) is 7.88. The first-order chi connectivity index (χ1) is 15.2. The third-order valence-electron chi connectivity index (χ3n) is 4.36. The van der Waals surface area contributed by atoms with Crippen LogP contribution in [0.5, 0.6) is 0 Å². The summed E-state index contributed by atoms with van der Waals surface area (Å²) in [7, 11) is 0. The Balaban J connectivity index is 1.50. The quantitative estimate of drug-likeness (QED) is 0.380. The summed E-state index contributed by atoms with van der Waals surface area (Å²) in [6, 6.07) is 8.93. The van der Waals surface area contributed by atoms with Gasteiger partial charge in [0.1, 0.15) is 0 Å². The van der Waals surface area contributed by atoms with Gasteiger partial charge in [-0.3, -0.25) is 14.9 Å². The third kappa shape index (κ3) is 6.10. The molecular formula is C21H24ClN5O4S. The van der Waals surface area contributed by atoms with Crippen molar-refractivity contribution in [3.8, 4) is 11.4 Å². The molecule has 9 nitrogen and oxygen atoms in total. The molecule has 11 heteroatoms. The molecule has 0 unspecified atom stereocenters. The SMILES string of the molecule is CCn1c(SCC(=O)OCC(=O)Nc2cc(C(C)(C)C)no2)nnc1-c1ccc(Cl)cc1. The molecule has 1 amide bonds. The van der Waals surface area contributed by atoms with Gasteiger partial charge in [0.25, 0.3) is 5.91 Å². The second kappa shape index (κ2) is 10.2. The normalized spacial score (nSPS) is 11.4. The van der Waals surface area contributed by atoms with E-state index >= 15 is 0 Å². The average Bonchev–Trinajstić information content (AvgIpc) is 3.38. The molecule has 0 saturated heterocycles. The summed E-state index contributed by atoms with van der Waals surface area (Å²) in [5, 5.41) is 16.0. The molecule has 1 aromatic carbocycles. The Bertz CT molecular complexity index is 1090. The molecule has 0 aliphatic heterocycles. The number of amides is 1. The van der Waals surface area contributed by atoms with E-state index in [0.29, 0.717) is 28.2 Å². The molecular weight excluding hydrogens is 454 g/mol. The second-order valence-corrected chi connectivity index (χ2v) is 9.26. The fourth-order valence-electron chi connectivity index (χ4n) is 2.67. The van der Waals surface area contributed by atoms with Crippen LogP contribution in [0.1, 0.15) is 33.4 Å². The Morgan fingerprint density at radius 3 is 2.56 bits per heavy atom. The van der Waals surface area contributed by atoms with Gasteiger partial charge in [-0.2, -0.15) is 0 Å². The van der Waals surface area contributed by atoms with Crippen molar-refractivity contribution < 1.29 is 18.8 Å². The Morgan fingerprint density at radius 2 is 1.94 bits per heavy atom. The number of halogens is 1. The number of nitrogens with zero attached hydrogens (tertiary/aromatic N) is 4. The molecule has 0 bridgehead atoms. The maximum atomic E-state index is 12.1. The highest BCUT2D eigenvalue weighted by Crippen LogP contribution is 2.25. The van der Waals surface area contributed by atoms with Crippen molar-refractivity contribution in [3.63, 3.8) is 0 Å². The lowest BCUT2D eigenvalue weighted by atomic mass is 9.92. The maximum absolute atomic E-state index is 12.1. The van der Waals surface area contributed by atoms with E-state index < -0.39 is 18.5 Å². The molecule has 0 aliphatic rings. The molecule has 2 aromatic heterocycles. The van der Waals surface area contributed by atoms with Crippen molar-refractivity contribution >= 4 is 41.1 Å². The number of carbonyl (C=O) groups is 2. The number of anilines is 1. The zero-order valence-corrected chi connectivity index (χ0v) is 19.8. The molecule has 0 atom stereocenters. The Morgan fingerprint density at radius 1 is 1.22 bits per heavy atom. The molecule has 2 heterocycles. The summed E-state index contributed by atoms with van der Waals surface area (Å²) in [6.45, 7) is 8.10. The Hall–Kier alpha value is -2.85. The number of aromatic nitrogens is 4. The van der Waals surface area contributed by atoms with E-state index in [0.717, 1.165) is 5.56 Å². The van der Waals surface area contributed by atoms with Crippen molar-refractivity contribution in [3.05, 3.63) is 41.0 Å². The first-order valence-corrected chi connectivity index (χ1v) is 11.3. The van der Waals surface area contributed by atoms with Crippen molar-refractivity contribution in [1.82, 2.24) is 19.9 Å². The number of nitrogens with one attached hydrogen (secondary N) is 1. The first-order valence-electron chi connectivity index (χ1n) is 9.92. The standard InChI is InChI=1S/C21H24ClN5O4S/c1-5-27-19(13-6-8-14(22)9-7-13)24-25-20(27)32-12-18(29)30-11-16(28)23-17-10-15(26-31-17)21(2,3)4/h6-10H,5,11-12H2,1-4H3,(H,23,28). The fourth-order valence-corrected chi connectivity index (χ4v) is 3.59. The summed E-state index contributed by atoms with van der Waals surface area (Å²) in [5.74, 6) is -0.182. The van der Waals surface area contributed by atoms with Crippen LogP contribution in [0.2, 0.25) is 5.02 Å². The molecule has 3 aromatic rings. The number of ether oxygens (including phenoxy) is 1. The highest BCUT2D eigenvalue weighted by molar-refractivity contribution is 7.99. The van der Waals surface area contributed by atoms with E-state index in [2.05, 4.69) is 20.7 Å². The average molecular weight is 478 g/mol. The molecule has 0 fully saturated rings. The van der Waals surface area contributed by atoms with Crippen LogP contribution < -0.4 is 5.32 Å². The van der Waals surface area contributed by atoms with Gasteiger partial charge in [0, 0.05) is 28.6 Å². The van der Waals surface area contributed by atoms with Gasteiger partial charge in [-0.15, -0.1) is 10.2 Å². The van der Waals surface area contributed by atoms with Crippen LogP contribution in [0.4, 0.5) is 5.88 Å². The minimum Gasteiger partial charge on any atom is -0.455 e. The highest BCUT2D eigenvalue weighted by atomic mass is 35.5. The number of rotatable bonds is 8. The van der Waals surface area contributed by atoms with Crippen LogP contribution in [0.25, 0.3) is 11.4 Å².